The fourth-order valence-electron chi connectivity index (χ4n) is 3.49. The number of hydrogen-bond acceptors (Lipinski definition) is 2. The molecule has 1 aliphatic rings. The number of carboxylic acids is 1. The van der Waals surface area contributed by atoms with Gasteiger partial charge in [-0.3, -0.25) is 9.59 Å². The molecule has 0 aromatic rings. The summed E-state index contributed by atoms with van der Waals surface area (Å²) in [5.41, 5.74) is 0. The Morgan fingerprint density at radius 1 is 1.13 bits per heavy atom. The molecule has 1 saturated carbocycles. The fraction of sp³-hybridized carbons (Fsp3) is 0.800. The van der Waals surface area contributed by atoms with E-state index in [2.05, 4.69) is 19.1 Å². The molecule has 1 aliphatic carbocycles. The molecule has 0 unspecified atom stereocenters. The average Bonchev–Trinajstić information content (AvgIpc) is 2.86. The number of aliphatic carboxylic acids is 1. The molecule has 0 aromatic heterocycles. The Kier molecular flexibility index (Phi) is 10.7. The molecule has 2 atom stereocenters. The summed E-state index contributed by atoms with van der Waals surface area (Å²) >= 11 is 0. The largest absolute Gasteiger partial charge is 0.481 e. The monoisotopic (exact) mass is 322 g/mol. The second-order valence-electron chi connectivity index (χ2n) is 6.90. The minimum atomic E-state index is -0.708. The zero-order valence-electron chi connectivity index (χ0n) is 14.8. The molecule has 23 heavy (non-hydrogen) atoms. The zero-order chi connectivity index (χ0) is 16.9. The lowest BCUT2D eigenvalue weighted by molar-refractivity contribution is -0.137. The Bertz CT molecular complexity index is 373. The predicted molar refractivity (Wildman–Crippen MR) is 94.5 cm³/mol. The summed E-state index contributed by atoms with van der Waals surface area (Å²) in [5.74, 6) is 0.408. The van der Waals surface area contributed by atoms with Crippen LogP contribution in [0.2, 0.25) is 0 Å². The topological polar surface area (TPSA) is 54.4 Å². The van der Waals surface area contributed by atoms with E-state index < -0.39 is 5.97 Å². The van der Waals surface area contributed by atoms with E-state index in [1.54, 1.807) is 0 Å². The Hall–Kier alpha value is -1.12. The van der Waals surface area contributed by atoms with Crippen molar-refractivity contribution < 1.29 is 14.7 Å². The lowest BCUT2D eigenvalue weighted by Crippen LogP contribution is -2.13. The molecule has 132 valence electrons. The first-order valence-electron chi connectivity index (χ1n) is 9.56. The molecular formula is C20H34O3. The van der Waals surface area contributed by atoms with E-state index in [0.29, 0.717) is 11.7 Å². The number of carbonyl (C=O) groups is 2. The van der Waals surface area contributed by atoms with Crippen LogP contribution in [-0.4, -0.2) is 16.9 Å². The van der Waals surface area contributed by atoms with Gasteiger partial charge in [0.15, 0.2) is 0 Å². The van der Waals surface area contributed by atoms with E-state index >= 15 is 0 Å². The summed E-state index contributed by atoms with van der Waals surface area (Å²) < 4.78 is 0. The van der Waals surface area contributed by atoms with Crippen LogP contribution in [0.5, 0.6) is 0 Å². The van der Waals surface area contributed by atoms with E-state index in [4.69, 9.17) is 5.11 Å². The van der Waals surface area contributed by atoms with Gasteiger partial charge >= 0.3 is 5.97 Å². The highest BCUT2D eigenvalue weighted by Crippen LogP contribution is 2.34. The molecule has 0 amide bonds. The van der Waals surface area contributed by atoms with E-state index in [1.807, 2.05) is 0 Å². The third kappa shape index (κ3) is 8.92. The second kappa shape index (κ2) is 12.3. The number of rotatable bonds is 13. The number of ketones is 1. The summed E-state index contributed by atoms with van der Waals surface area (Å²) in [6.07, 6.45) is 17.7. The molecule has 1 rings (SSSR count). The van der Waals surface area contributed by atoms with Crippen LogP contribution >= 0.6 is 0 Å². The number of allylic oxidation sites excluding steroid dienone is 2. The minimum Gasteiger partial charge on any atom is -0.481 e. The first-order valence-corrected chi connectivity index (χ1v) is 9.56. The summed E-state index contributed by atoms with van der Waals surface area (Å²) in [6.45, 7) is 2.23. The molecule has 0 saturated heterocycles. The third-order valence-corrected chi connectivity index (χ3v) is 4.92. The maximum absolute atomic E-state index is 12.1. The van der Waals surface area contributed by atoms with Gasteiger partial charge in [0.1, 0.15) is 5.78 Å². The number of hydrogen-bond donors (Lipinski definition) is 1. The van der Waals surface area contributed by atoms with Gasteiger partial charge in [-0.15, -0.1) is 0 Å². The van der Waals surface area contributed by atoms with Gasteiger partial charge in [-0.25, -0.2) is 0 Å². The second-order valence-corrected chi connectivity index (χ2v) is 6.90. The Morgan fingerprint density at radius 3 is 2.61 bits per heavy atom. The molecule has 0 aromatic carbocycles. The van der Waals surface area contributed by atoms with Crippen molar-refractivity contribution in [1.82, 2.24) is 0 Å². The molecule has 0 heterocycles. The van der Waals surface area contributed by atoms with Crippen molar-refractivity contribution in [2.75, 3.05) is 0 Å². The summed E-state index contributed by atoms with van der Waals surface area (Å²) in [7, 11) is 0. The SMILES string of the molecule is CCCCCC/C=C/[C@H]1CCC(=O)[C@@H]1CCCCCCC(=O)O. The maximum Gasteiger partial charge on any atom is 0.303 e. The van der Waals surface area contributed by atoms with Crippen LogP contribution in [0.4, 0.5) is 0 Å². The van der Waals surface area contributed by atoms with Gasteiger partial charge in [-0.05, 0) is 38.0 Å². The predicted octanol–water partition coefficient (Wildman–Crippen LogP) is 5.53. The van der Waals surface area contributed by atoms with Crippen molar-refractivity contribution in [1.29, 1.82) is 0 Å². The average molecular weight is 322 g/mol. The van der Waals surface area contributed by atoms with Crippen LogP contribution in [0.1, 0.15) is 90.4 Å². The van der Waals surface area contributed by atoms with Gasteiger partial charge in [0, 0.05) is 18.8 Å². The molecule has 1 fully saturated rings. The number of carbonyl (C=O) groups excluding carboxylic acids is 1. The molecule has 0 aliphatic heterocycles. The Balaban J connectivity index is 2.19. The molecule has 0 bridgehead atoms. The molecule has 0 spiro atoms. The van der Waals surface area contributed by atoms with Gasteiger partial charge in [0.05, 0.1) is 0 Å². The van der Waals surface area contributed by atoms with Crippen molar-refractivity contribution in [3.63, 3.8) is 0 Å². The number of unbranched alkanes of at least 4 members (excludes halogenated alkanes) is 7. The van der Waals surface area contributed by atoms with Gasteiger partial charge in [-0.1, -0.05) is 57.6 Å². The van der Waals surface area contributed by atoms with Crippen molar-refractivity contribution in [2.24, 2.45) is 11.8 Å². The van der Waals surface area contributed by atoms with E-state index in [-0.39, 0.29) is 12.3 Å². The highest BCUT2D eigenvalue weighted by atomic mass is 16.4. The lowest BCUT2D eigenvalue weighted by atomic mass is 9.89. The van der Waals surface area contributed by atoms with Crippen LogP contribution in [0, 0.1) is 11.8 Å². The van der Waals surface area contributed by atoms with Crippen LogP contribution in [0.3, 0.4) is 0 Å². The van der Waals surface area contributed by atoms with Gasteiger partial charge in [-0.2, -0.15) is 0 Å². The van der Waals surface area contributed by atoms with Crippen molar-refractivity contribution in [3.05, 3.63) is 12.2 Å². The van der Waals surface area contributed by atoms with E-state index in [1.165, 1.54) is 25.7 Å². The van der Waals surface area contributed by atoms with E-state index in [0.717, 1.165) is 51.4 Å². The van der Waals surface area contributed by atoms with Crippen molar-refractivity contribution in [3.8, 4) is 0 Å². The first kappa shape index (κ1) is 19.9. The Morgan fingerprint density at radius 2 is 1.87 bits per heavy atom. The van der Waals surface area contributed by atoms with E-state index in [9.17, 15) is 9.59 Å². The molecule has 3 heteroatoms. The van der Waals surface area contributed by atoms with Crippen LogP contribution in [0.25, 0.3) is 0 Å². The zero-order valence-corrected chi connectivity index (χ0v) is 14.8. The van der Waals surface area contributed by atoms with Gasteiger partial charge < -0.3 is 5.11 Å². The standard InChI is InChI=1S/C20H34O3/c1-2-3-4-5-6-9-12-17-15-16-19(21)18(17)13-10-7-8-11-14-20(22)23/h9,12,17-18H,2-8,10-11,13-16H2,1H3,(H,22,23)/b12-9+/t17-,18+/m0/s1. The normalized spacial score (nSPS) is 21.3. The summed E-state index contributed by atoms with van der Waals surface area (Å²) in [5, 5.41) is 8.61. The highest BCUT2D eigenvalue weighted by molar-refractivity contribution is 5.83. The van der Waals surface area contributed by atoms with Crippen LogP contribution in [-0.2, 0) is 9.59 Å². The van der Waals surface area contributed by atoms with Gasteiger partial charge in [0.2, 0.25) is 0 Å². The van der Waals surface area contributed by atoms with Gasteiger partial charge in [0.25, 0.3) is 0 Å². The molecule has 3 nitrogen and oxygen atoms in total. The van der Waals surface area contributed by atoms with Crippen LogP contribution in [0.15, 0.2) is 12.2 Å². The molecule has 1 N–H and O–H groups in total. The van der Waals surface area contributed by atoms with Crippen molar-refractivity contribution >= 4 is 11.8 Å². The number of carboxylic acid groups (broad SMARTS) is 1. The molecular weight excluding hydrogens is 288 g/mol. The lowest BCUT2D eigenvalue weighted by Gasteiger charge is -2.14. The maximum atomic E-state index is 12.1. The minimum absolute atomic E-state index is 0.223. The quantitative estimate of drug-likeness (QED) is 0.358. The third-order valence-electron chi connectivity index (χ3n) is 4.92. The molecule has 0 radical (unpaired) electrons. The smallest absolute Gasteiger partial charge is 0.303 e. The Labute approximate surface area is 141 Å². The fourth-order valence-corrected chi connectivity index (χ4v) is 3.49. The summed E-state index contributed by atoms with van der Waals surface area (Å²) in [4.78, 5) is 22.5. The first-order chi connectivity index (χ1) is 11.1. The summed E-state index contributed by atoms with van der Waals surface area (Å²) in [6, 6.07) is 0. The van der Waals surface area contributed by atoms with Crippen LogP contribution < -0.4 is 0 Å². The highest BCUT2D eigenvalue weighted by Gasteiger charge is 2.31. The van der Waals surface area contributed by atoms with Crippen molar-refractivity contribution in [2.45, 2.75) is 90.4 Å². The number of Topliss-reactive ketones (excluding diaryl/α,β-unsaturated/α-hetero) is 1.